The van der Waals surface area contributed by atoms with Crippen molar-refractivity contribution >= 4 is 5.91 Å². The summed E-state index contributed by atoms with van der Waals surface area (Å²) < 4.78 is 0. The van der Waals surface area contributed by atoms with Crippen molar-refractivity contribution < 1.29 is 4.79 Å². The highest BCUT2D eigenvalue weighted by Crippen LogP contribution is 2.24. The Morgan fingerprint density at radius 3 is 1.46 bits per heavy atom. The Labute approximate surface area is 81.6 Å². The summed E-state index contributed by atoms with van der Waals surface area (Å²) in [6, 6.07) is 0. The largest absolute Gasteiger partial charge is 0.330 e. The molecule has 76 valence electrons. The average molecular weight is 183 g/mol. The van der Waals surface area contributed by atoms with E-state index < -0.39 is 0 Å². The smallest absolute Gasteiger partial charge is 0.246 e. The van der Waals surface area contributed by atoms with Crippen LogP contribution in [0, 0.1) is 0 Å². The minimum absolute atomic E-state index is 0.0139. The molecule has 2 nitrogen and oxygen atoms in total. The molecule has 0 spiro atoms. The van der Waals surface area contributed by atoms with Gasteiger partial charge in [0.2, 0.25) is 5.91 Å². The van der Waals surface area contributed by atoms with Crippen LogP contribution >= 0.6 is 0 Å². The summed E-state index contributed by atoms with van der Waals surface area (Å²) in [6.07, 6.45) is 1.37. The predicted molar refractivity (Wildman–Crippen MR) is 56.5 cm³/mol. The van der Waals surface area contributed by atoms with Crippen LogP contribution in [-0.4, -0.2) is 21.9 Å². The van der Waals surface area contributed by atoms with E-state index in [1.807, 2.05) is 46.4 Å². The van der Waals surface area contributed by atoms with Crippen molar-refractivity contribution in [1.82, 2.24) is 4.90 Å². The zero-order valence-corrected chi connectivity index (χ0v) is 9.64. The van der Waals surface area contributed by atoms with Crippen molar-refractivity contribution in [2.45, 2.75) is 52.6 Å². The Balaban J connectivity index is 5.00. The summed E-state index contributed by atoms with van der Waals surface area (Å²) >= 11 is 0. The number of carbonyl (C=O) groups excluding carboxylic acids is 1. The molecule has 0 aliphatic rings. The molecule has 0 atom stereocenters. The zero-order valence-electron chi connectivity index (χ0n) is 9.64. The van der Waals surface area contributed by atoms with Crippen LogP contribution in [0.15, 0.2) is 12.7 Å². The molecule has 0 aliphatic heterocycles. The fraction of sp³-hybridized carbons (Fsp3) is 0.727. The fourth-order valence-electron chi connectivity index (χ4n) is 1.76. The summed E-state index contributed by atoms with van der Waals surface area (Å²) in [4.78, 5) is 13.5. The van der Waals surface area contributed by atoms with Crippen molar-refractivity contribution in [3.05, 3.63) is 12.7 Å². The maximum atomic E-state index is 11.6. The summed E-state index contributed by atoms with van der Waals surface area (Å²) in [5.74, 6) is -0.0139. The molecule has 0 aliphatic carbocycles. The van der Waals surface area contributed by atoms with Gasteiger partial charge < -0.3 is 4.90 Å². The first kappa shape index (κ1) is 12.2. The molecule has 0 N–H and O–H groups in total. The van der Waals surface area contributed by atoms with Crippen molar-refractivity contribution in [2.24, 2.45) is 0 Å². The maximum absolute atomic E-state index is 11.6. The highest BCUT2D eigenvalue weighted by Gasteiger charge is 2.33. The Morgan fingerprint density at radius 1 is 1.08 bits per heavy atom. The fourth-order valence-corrected chi connectivity index (χ4v) is 1.76. The Bertz CT molecular complexity index is 191. The average Bonchev–Trinajstić information content (AvgIpc) is 1.80. The molecule has 1 amide bonds. The SMILES string of the molecule is C=CC(=O)N(C(C)(C)C)C(C)(C)C. The van der Waals surface area contributed by atoms with Crippen LogP contribution in [-0.2, 0) is 4.79 Å². The lowest BCUT2D eigenvalue weighted by atomic mass is 9.96. The number of rotatable bonds is 1. The monoisotopic (exact) mass is 183 g/mol. The minimum atomic E-state index is -0.163. The normalized spacial score (nSPS) is 12.5. The second kappa shape index (κ2) is 3.52. The van der Waals surface area contributed by atoms with E-state index in [0.717, 1.165) is 0 Å². The number of hydrogen-bond acceptors (Lipinski definition) is 1. The Kier molecular flexibility index (Phi) is 3.31. The molecule has 0 rings (SSSR count). The lowest BCUT2D eigenvalue weighted by Crippen LogP contribution is -2.55. The summed E-state index contributed by atoms with van der Waals surface area (Å²) in [6.45, 7) is 15.7. The number of nitrogens with zero attached hydrogens (tertiary/aromatic N) is 1. The maximum Gasteiger partial charge on any atom is 0.246 e. The predicted octanol–water partition coefficient (Wildman–Crippen LogP) is 2.60. The molecule has 0 unspecified atom stereocenters. The first-order chi connectivity index (χ1) is 5.60. The van der Waals surface area contributed by atoms with Crippen LogP contribution in [0.4, 0.5) is 0 Å². The third-order valence-electron chi connectivity index (χ3n) is 1.74. The first-order valence-corrected chi connectivity index (χ1v) is 4.57. The van der Waals surface area contributed by atoms with Crippen LogP contribution < -0.4 is 0 Å². The third-order valence-corrected chi connectivity index (χ3v) is 1.74. The van der Waals surface area contributed by atoms with Crippen LogP contribution in [0.25, 0.3) is 0 Å². The van der Waals surface area contributed by atoms with E-state index in [2.05, 4.69) is 6.58 Å². The van der Waals surface area contributed by atoms with E-state index in [-0.39, 0.29) is 17.0 Å². The number of amides is 1. The van der Waals surface area contributed by atoms with Crippen LogP contribution in [0.1, 0.15) is 41.5 Å². The van der Waals surface area contributed by atoms with E-state index in [4.69, 9.17) is 0 Å². The van der Waals surface area contributed by atoms with E-state index in [1.54, 1.807) is 0 Å². The zero-order chi connectivity index (χ0) is 10.9. The summed E-state index contributed by atoms with van der Waals surface area (Å²) in [5, 5.41) is 0. The van der Waals surface area contributed by atoms with Gasteiger partial charge in [0.15, 0.2) is 0 Å². The van der Waals surface area contributed by atoms with Gasteiger partial charge in [-0.3, -0.25) is 4.79 Å². The third kappa shape index (κ3) is 3.21. The van der Waals surface area contributed by atoms with Gasteiger partial charge in [0.05, 0.1) is 0 Å². The Morgan fingerprint density at radius 2 is 1.38 bits per heavy atom. The van der Waals surface area contributed by atoms with Gasteiger partial charge >= 0.3 is 0 Å². The lowest BCUT2D eigenvalue weighted by Gasteiger charge is -2.44. The molecule has 0 radical (unpaired) electrons. The van der Waals surface area contributed by atoms with Gasteiger partial charge in [0.25, 0.3) is 0 Å². The van der Waals surface area contributed by atoms with E-state index in [9.17, 15) is 4.79 Å². The van der Waals surface area contributed by atoms with E-state index >= 15 is 0 Å². The molecule has 0 heterocycles. The van der Waals surface area contributed by atoms with Crippen molar-refractivity contribution in [1.29, 1.82) is 0 Å². The molecular formula is C11H21NO. The number of carbonyl (C=O) groups is 1. The van der Waals surface area contributed by atoms with Gasteiger partial charge in [-0.15, -0.1) is 0 Å². The molecule has 0 saturated heterocycles. The van der Waals surface area contributed by atoms with Gasteiger partial charge in [-0.1, -0.05) is 6.58 Å². The van der Waals surface area contributed by atoms with E-state index in [0.29, 0.717) is 0 Å². The molecule has 0 aromatic carbocycles. The molecule has 0 fully saturated rings. The van der Waals surface area contributed by atoms with Crippen molar-refractivity contribution in [2.75, 3.05) is 0 Å². The molecule has 0 aromatic heterocycles. The minimum Gasteiger partial charge on any atom is -0.330 e. The highest BCUT2D eigenvalue weighted by atomic mass is 16.2. The quantitative estimate of drug-likeness (QED) is 0.572. The molecule has 2 heteroatoms. The van der Waals surface area contributed by atoms with Gasteiger partial charge in [0, 0.05) is 11.1 Å². The molecule has 0 aromatic rings. The molecule has 0 bridgehead atoms. The summed E-state index contributed by atoms with van der Waals surface area (Å²) in [5.41, 5.74) is -0.326. The van der Waals surface area contributed by atoms with Crippen LogP contribution in [0.2, 0.25) is 0 Å². The molecule has 13 heavy (non-hydrogen) atoms. The molecular weight excluding hydrogens is 162 g/mol. The van der Waals surface area contributed by atoms with Crippen molar-refractivity contribution in [3.63, 3.8) is 0 Å². The van der Waals surface area contributed by atoms with Gasteiger partial charge in [-0.2, -0.15) is 0 Å². The Hall–Kier alpha value is -0.790. The first-order valence-electron chi connectivity index (χ1n) is 4.57. The van der Waals surface area contributed by atoms with Gasteiger partial charge in [-0.05, 0) is 47.6 Å². The second-order valence-electron chi connectivity index (χ2n) is 5.22. The van der Waals surface area contributed by atoms with Crippen LogP contribution in [0.5, 0.6) is 0 Å². The van der Waals surface area contributed by atoms with Gasteiger partial charge in [0.1, 0.15) is 0 Å². The van der Waals surface area contributed by atoms with E-state index in [1.165, 1.54) is 6.08 Å². The standard InChI is InChI=1S/C11H21NO/c1-8-9(13)12(10(2,3)4)11(5,6)7/h8H,1H2,2-7H3. The van der Waals surface area contributed by atoms with Gasteiger partial charge in [-0.25, -0.2) is 0 Å². The molecule has 0 saturated carbocycles. The van der Waals surface area contributed by atoms with Crippen LogP contribution in [0.3, 0.4) is 0 Å². The number of hydrogen-bond donors (Lipinski definition) is 0. The summed E-state index contributed by atoms with van der Waals surface area (Å²) in [7, 11) is 0. The lowest BCUT2D eigenvalue weighted by molar-refractivity contribution is -0.137. The topological polar surface area (TPSA) is 20.3 Å². The highest BCUT2D eigenvalue weighted by molar-refractivity contribution is 5.88. The second-order valence-corrected chi connectivity index (χ2v) is 5.22. The van der Waals surface area contributed by atoms with Crippen molar-refractivity contribution in [3.8, 4) is 0 Å².